The number of carbonyl (C=O) groups excluding carboxylic acids is 2. The minimum Gasteiger partial charge on any atom is -0.481 e. The van der Waals surface area contributed by atoms with Crippen molar-refractivity contribution in [1.29, 1.82) is 0 Å². The molecule has 6 N–H and O–H groups in total. The molecule has 0 spiro atoms. The molecule has 4 aromatic rings. The Kier molecular flexibility index (Phi) is 15.3. The van der Waals surface area contributed by atoms with Crippen LogP contribution in [0.3, 0.4) is 0 Å². The molecular weight excluding hydrogens is 798 g/mol. The Morgan fingerprint density at radius 3 is 2.41 bits per heavy atom. The molecule has 0 fully saturated rings. The van der Waals surface area contributed by atoms with Crippen molar-refractivity contribution in [3.63, 3.8) is 0 Å². The number of carboxylic acid groups (broad SMARTS) is 2. The monoisotopic (exact) mass is 833 g/mol. The number of anilines is 3. The molecule has 0 aliphatic carbocycles. The Balaban J connectivity index is 1.41. The summed E-state index contributed by atoms with van der Waals surface area (Å²) >= 11 is 0. The number of benzene rings is 2. The lowest BCUT2D eigenvalue weighted by molar-refractivity contribution is -0.141. The molecule has 2 aromatic heterocycles. The first kappa shape index (κ1) is 44.2. The van der Waals surface area contributed by atoms with E-state index < -0.39 is 67.1 Å². The predicted octanol–water partition coefficient (Wildman–Crippen LogP) is 4.84. The van der Waals surface area contributed by atoms with Crippen molar-refractivity contribution in [2.45, 2.75) is 51.4 Å². The van der Waals surface area contributed by atoms with E-state index in [1.807, 2.05) is 0 Å². The molecule has 23 heteroatoms. The minimum atomic E-state index is -4.80. The highest BCUT2D eigenvalue weighted by molar-refractivity contribution is 7.48. The number of hydrogen-bond acceptors (Lipinski definition) is 15. The molecule has 0 saturated carbocycles. The van der Waals surface area contributed by atoms with Crippen molar-refractivity contribution in [1.82, 2.24) is 25.3 Å². The molecule has 19 nitrogen and oxygen atoms in total. The first-order chi connectivity index (χ1) is 27.5. The number of phosphoric acid groups is 1. The van der Waals surface area contributed by atoms with Crippen LogP contribution in [0.5, 0.6) is 0 Å². The number of hydrogen-bond donors (Lipinski definition) is 6. The van der Waals surface area contributed by atoms with E-state index in [0.29, 0.717) is 17.8 Å². The number of aromatic amines is 1. The normalized spacial score (nSPS) is 12.7. The maximum atomic E-state index is 13.6. The molecule has 0 saturated heterocycles. The number of aromatic nitrogens is 4. The summed E-state index contributed by atoms with van der Waals surface area (Å²) in [6.45, 7) is 1.24. The summed E-state index contributed by atoms with van der Waals surface area (Å²) in [6, 6.07) is 6.64. The van der Waals surface area contributed by atoms with Crippen LogP contribution in [-0.4, -0.2) is 79.8 Å². The third kappa shape index (κ3) is 12.7. The zero-order valence-electron chi connectivity index (χ0n) is 30.3. The van der Waals surface area contributed by atoms with Gasteiger partial charge in [0.2, 0.25) is 5.95 Å². The third-order valence-corrected chi connectivity index (χ3v) is 9.04. The Bertz CT molecular complexity index is 2280. The standard InChI is InChI=1S/C35H35F3N7O12P/c1-3-55-58(53,56-4-2)57-16-6-5-15-54-33(52)24-12-9-21(35(36,37)38)17-26(24)43-34-44-29-28(31(49)45-34)41-23(19-40-29)18-39-22-10-7-20(8-11-22)30(48)42-25(32(50)51)13-14-27(46)47/h1,7-12,17,19,25,39H,4-6,13-16,18H2,2H3,(H,42,48)(H,46,47)(H,50,51)(H2,40,43,44,45,49)/t25-,58?/m0/s1. The summed E-state index contributed by atoms with van der Waals surface area (Å²) in [7, 11) is -3.96. The number of carbonyl (C=O) groups is 4. The van der Waals surface area contributed by atoms with E-state index in [4.69, 9.17) is 25.3 Å². The minimum absolute atomic E-state index is 0.00200. The summed E-state index contributed by atoms with van der Waals surface area (Å²) in [5.74, 6) is -4.69. The molecule has 0 bridgehead atoms. The lowest BCUT2D eigenvalue weighted by Gasteiger charge is -2.15. The fourth-order valence-electron chi connectivity index (χ4n) is 4.87. The number of phosphoric ester groups is 1. The number of aliphatic carboxylic acids is 2. The van der Waals surface area contributed by atoms with E-state index >= 15 is 0 Å². The van der Waals surface area contributed by atoms with E-state index in [0.717, 1.165) is 6.07 Å². The number of rotatable bonds is 21. The highest BCUT2D eigenvalue weighted by atomic mass is 31.2. The maximum absolute atomic E-state index is 13.6. The van der Waals surface area contributed by atoms with Gasteiger partial charge in [-0.2, -0.15) is 18.2 Å². The number of amides is 1. The average molecular weight is 834 g/mol. The lowest BCUT2D eigenvalue weighted by Crippen LogP contribution is -2.41. The highest BCUT2D eigenvalue weighted by Gasteiger charge is 2.32. The average Bonchev–Trinajstić information content (AvgIpc) is 3.16. The topological polar surface area (TPSA) is 270 Å². The van der Waals surface area contributed by atoms with Crippen molar-refractivity contribution >= 4 is 60.1 Å². The lowest BCUT2D eigenvalue weighted by atomic mass is 10.1. The quantitative estimate of drug-likeness (QED) is 0.0284. The Labute approximate surface area is 326 Å². The number of H-pyrrole nitrogens is 1. The van der Waals surface area contributed by atoms with Gasteiger partial charge in [-0.15, -0.1) is 0 Å². The van der Waals surface area contributed by atoms with E-state index in [-0.39, 0.29) is 79.6 Å². The van der Waals surface area contributed by atoms with Crippen molar-refractivity contribution in [3.8, 4) is 12.5 Å². The van der Waals surface area contributed by atoms with Crippen LogP contribution in [0.4, 0.5) is 30.5 Å². The first-order valence-corrected chi connectivity index (χ1v) is 18.5. The van der Waals surface area contributed by atoms with E-state index in [1.54, 1.807) is 13.0 Å². The fraction of sp³-hybridized carbons (Fsp3) is 0.314. The van der Waals surface area contributed by atoms with Gasteiger partial charge in [-0.25, -0.2) is 24.1 Å². The van der Waals surface area contributed by atoms with Crippen LogP contribution >= 0.6 is 7.82 Å². The summed E-state index contributed by atoms with van der Waals surface area (Å²) in [4.78, 5) is 75.5. The zero-order valence-corrected chi connectivity index (χ0v) is 31.2. The number of nitrogens with zero attached hydrogens (tertiary/aromatic N) is 3. The van der Waals surface area contributed by atoms with Gasteiger partial charge in [-0.05, 0) is 68.7 Å². The Morgan fingerprint density at radius 2 is 1.76 bits per heavy atom. The number of terminal acetylenes is 1. The van der Waals surface area contributed by atoms with Crippen molar-refractivity contribution in [3.05, 3.63) is 81.4 Å². The largest absolute Gasteiger partial charge is 0.538 e. The smallest absolute Gasteiger partial charge is 0.481 e. The van der Waals surface area contributed by atoms with Crippen LogP contribution in [-0.2, 0) is 45.2 Å². The molecule has 2 aromatic carbocycles. The van der Waals surface area contributed by atoms with Crippen molar-refractivity contribution in [2.75, 3.05) is 30.5 Å². The molecule has 0 aliphatic heterocycles. The molecule has 1 unspecified atom stereocenters. The first-order valence-electron chi connectivity index (χ1n) is 17.1. The Hall–Kier alpha value is -6.56. The molecule has 308 valence electrons. The van der Waals surface area contributed by atoms with Crippen molar-refractivity contribution in [2.24, 2.45) is 0 Å². The second-order valence-corrected chi connectivity index (χ2v) is 13.4. The summed E-state index contributed by atoms with van der Waals surface area (Å²) in [5.41, 5.74) is -2.19. The maximum Gasteiger partial charge on any atom is 0.538 e. The highest BCUT2D eigenvalue weighted by Crippen LogP contribution is 2.49. The van der Waals surface area contributed by atoms with Gasteiger partial charge in [-0.1, -0.05) is 6.42 Å². The number of esters is 1. The second kappa shape index (κ2) is 20.0. The predicted molar refractivity (Wildman–Crippen MR) is 197 cm³/mol. The number of fused-ring (bicyclic) bond motifs is 1. The number of nitrogens with one attached hydrogen (secondary N) is 4. The molecule has 4 rings (SSSR count). The molecule has 58 heavy (non-hydrogen) atoms. The summed E-state index contributed by atoms with van der Waals surface area (Å²) in [5, 5.41) is 25.9. The van der Waals surface area contributed by atoms with E-state index in [2.05, 4.69) is 40.4 Å². The van der Waals surface area contributed by atoms with Gasteiger partial charge in [0.15, 0.2) is 11.2 Å². The van der Waals surface area contributed by atoms with Crippen LogP contribution in [0, 0.1) is 12.5 Å². The van der Waals surface area contributed by atoms with Gasteiger partial charge >= 0.3 is 37.5 Å². The molecule has 2 atom stereocenters. The van der Waals surface area contributed by atoms with Crippen molar-refractivity contribution < 1.29 is 65.4 Å². The number of carboxylic acids is 2. The number of ether oxygens (including phenoxy) is 1. The number of halogens is 3. The van der Waals surface area contributed by atoms with E-state index in [1.165, 1.54) is 30.5 Å². The molecule has 0 aliphatic rings. The zero-order chi connectivity index (χ0) is 42.5. The Morgan fingerprint density at radius 1 is 1.03 bits per heavy atom. The summed E-state index contributed by atoms with van der Waals surface area (Å²) in [6.07, 6.45) is 2.87. The van der Waals surface area contributed by atoms with Gasteiger partial charge in [0.25, 0.3) is 5.91 Å². The molecular formula is C35H35F3N7O12P. The molecule has 1 amide bonds. The fourth-order valence-corrected chi connectivity index (χ4v) is 5.85. The van der Waals surface area contributed by atoms with Crippen LogP contribution < -0.4 is 21.5 Å². The third-order valence-electron chi connectivity index (χ3n) is 7.64. The van der Waals surface area contributed by atoms with Gasteiger partial charge in [0.1, 0.15) is 12.1 Å². The number of unbranched alkanes of at least 4 members (excludes halogenated alkanes) is 1. The van der Waals surface area contributed by atoms with E-state index in [9.17, 15) is 46.8 Å². The van der Waals surface area contributed by atoms with Crippen LogP contribution in [0.2, 0.25) is 0 Å². The SMILES string of the molecule is C#COP(=O)(OCC)OCCCCOC(=O)c1ccc(C(F)(F)F)cc1Nc1nc(=O)c2nc(CNc3ccc(C(=O)N[C@@H](CCC(=O)O)C(=O)O)cc3)cnc2[nH]1. The van der Waals surface area contributed by atoms with Crippen LogP contribution in [0.1, 0.15) is 64.6 Å². The van der Waals surface area contributed by atoms with Crippen LogP contribution in [0.25, 0.3) is 11.2 Å². The van der Waals surface area contributed by atoms with Gasteiger partial charge in [0, 0.05) is 17.7 Å². The van der Waals surface area contributed by atoms with Gasteiger partial charge in [0.05, 0.1) is 55.1 Å². The summed E-state index contributed by atoms with van der Waals surface area (Å²) < 4.78 is 72.9. The molecule has 0 radical (unpaired) electrons. The molecule has 2 heterocycles. The van der Waals surface area contributed by atoms with Gasteiger partial charge in [-0.3, -0.25) is 23.4 Å². The second-order valence-electron chi connectivity index (χ2n) is 11.8. The van der Waals surface area contributed by atoms with Crippen LogP contribution in [0.15, 0.2) is 53.5 Å². The van der Waals surface area contributed by atoms with Gasteiger partial charge < -0.3 is 40.4 Å². The number of alkyl halides is 3.